The molecule has 2 N–H and O–H groups in total. The standard InChI is InChI=1S/C16H29NO2/c1-4-7-8-9-12-13(10-11-14(12)18)16(5-2,6-3)15(17)19/h12-13H,4-11H2,1-3H3,(H2,17,19). The normalized spacial score (nSPS) is 23.8. The molecule has 1 aliphatic rings. The number of primary amides is 1. The van der Waals surface area contributed by atoms with Gasteiger partial charge in [-0.2, -0.15) is 0 Å². The van der Waals surface area contributed by atoms with E-state index in [1.54, 1.807) is 0 Å². The van der Waals surface area contributed by atoms with Crippen LogP contribution in [0.15, 0.2) is 0 Å². The van der Waals surface area contributed by atoms with Crippen molar-refractivity contribution >= 4 is 11.7 Å². The molecule has 0 aliphatic heterocycles. The molecule has 1 saturated carbocycles. The van der Waals surface area contributed by atoms with Gasteiger partial charge in [-0.1, -0.05) is 40.0 Å². The molecule has 1 fully saturated rings. The van der Waals surface area contributed by atoms with Crippen LogP contribution in [-0.2, 0) is 9.59 Å². The summed E-state index contributed by atoms with van der Waals surface area (Å²) in [5.41, 5.74) is 5.22. The van der Waals surface area contributed by atoms with Crippen LogP contribution in [0.1, 0.15) is 72.1 Å². The predicted octanol–water partition coefficient (Wildman–Crippen LogP) is 3.45. The van der Waals surface area contributed by atoms with E-state index in [1.807, 2.05) is 13.8 Å². The molecule has 1 aliphatic carbocycles. The molecule has 2 atom stereocenters. The van der Waals surface area contributed by atoms with Crippen LogP contribution in [0, 0.1) is 17.3 Å². The SMILES string of the molecule is CCCCCC1C(=O)CCC1C(CC)(CC)C(N)=O. The van der Waals surface area contributed by atoms with Crippen LogP contribution in [0.25, 0.3) is 0 Å². The summed E-state index contributed by atoms with van der Waals surface area (Å²) in [6.07, 6.45) is 7.34. The minimum absolute atomic E-state index is 0.0685. The Balaban J connectivity index is 2.88. The Morgan fingerprint density at radius 3 is 2.37 bits per heavy atom. The van der Waals surface area contributed by atoms with Gasteiger partial charge in [0.1, 0.15) is 5.78 Å². The molecule has 1 amide bonds. The van der Waals surface area contributed by atoms with Gasteiger partial charge in [-0.3, -0.25) is 9.59 Å². The van der Waals surface area contributed by atoms with Crippen molar-refractivity contribution in [1.29, 1.82) is 0 Å². The quantitative estimate of drug-likeness (QED) is 0.685. The van der Waals surface area contributed by atoms with E-state index in [9.17, 15) is 9.59 Å². The van der Waals surface area contributed by atoms with Gasteiger partial charge in [0.05, 0.1) is 5.41 Å². The Kier molecular flexibility index (Phi) is 6.02. The zero-order valence-electron chi connectivity index (χ0n) is 12.7. The minimum Gasteiger partial charge on any atom is -0.369 e. The number of hydrogen-bond donors (Lipinski definition) is 1. The van der Waals surface area contributed by atoms with Gasteiger partial charge >= 0.3 is 0 Å². The molecule has 2 unspecified atom stereocenters. The highest BCUT2D eigenvalue weighted by molar-refractivity contribution is 5.87. The average Bonchev–Trinajstić information content (AvgIpc) is 2.74. The Bertz CT molecular complexity index is 321. The highest BCUT2D eigenvalue weighted by atomic mass is 16.1. The second-order valence-corrected chi connectivity index (χ2v) is 5.94. The molecule has 110 valence electrons. The highest BCUT2D eigenvalue weighted by Gasteiger charge is 2.49. The van der Waals surface area contributed by atoms with E-state index < -0.39 is 5.41 Å². The number of nitrogens with two attached hydrogens (primary N) is 1. The van der Waals surface area contributed by atoms with Crippen LogP contribution in [0.5, 0.6) is 0 Å². The zero-order chi connectivity index (χ0) is 14.5. The van der Waals surface area contributed by atoms with E-state index in [0.717, 1.165) is 38.5 Å². The second kappa shape index (κ2) is 7.06. The number of carbonyl (C=O) groups is 2. The van der Waals surface area contributed by atoms with Crippen LogP contribution >= 0.6 is 0 Å². The molecule has 0 aromatic rings. The maximum absolute atomic E-state index is 12.1. The van der Waals surface area contributed by atoms with Crippen LogP contribution < -0.4 is 5.73 Å². The molecule has 3 nitrogen and oxygen atoms in total. The summed E-state index contributed by atoms with van der Waals surface area (Å²) in [6, 6.07) is 0. The number of ketones is 1. The van der Waals surface area contributed by atoms with E-state index in [0.29, 0.717) is 12.2 Å². The highest BCUT2D eigenvalue weighted by Crippen LogP contribution is 2.48. The van der Waals surface area contributed by atoms with E-state index in [4.69, 9.17) is 5.73 Å². The number of carbonyl (C=O) groups excluding carboxylic acids is 2. The van der Waals surface area contributed by atoms with E-state index in [1.165, 1.54) is 6.42 Å². The lowest BCUT2D eigenvalue weighted by Crippen LogP contribution is -2.44. The summed E-state index contributed by atoms with van der Waals surface area (Å²) in [6.45, 7) is 6.22. The maximum atomic E-state index is 12.1. The number of Topliss-reactive ketones (excluding diaryl/α,β-unsaturated/α-hetero) is 1. The van der Waals surface area contributed by atoms with Crippen molar-refractivity contribution in [2.45, 2.75) is 72.1 Å². The molecule has 0 heterocycles. The summed E-state index contributed by atoms with van der Waals surface area (Å²) in [7, 11) is 0. The lowest BCUT2D eigenvalue weighted by Gasteiger charge is -2.37. The number of rotatable bonds is 8. The predicted molar refractivity (Wildman–Crippen MR) is 77.6 cm³/mol. The van der Waals surface area contributed by atoms with Crippen molar-refractivity contribution in [2.24, 2.45) is 23.0 Å². The third-order valence-electron chi connectivity index (χ3n) is 5.18. The lowest BCUT2D eigenvalue weighted by molar-refractivity contribution is -0.133. The van der Waals surface area contributed by atoms with Crippen LogP contribution in [0.4, 0.5) is 0 Å². The largest absolute Gasteiger partial charge is 0.369 e. The molecule has 0 aromatic carbocycles. The number of amides is 1. The molecular formula is C16H29NO2. The maximum Gasteiger partial charge on any atom is 0.223 e. The number of hydrogen-bond acceptors (Lipinski definition) is 2. The summed E-state index contributed by atoms with van der Waals surface area (Å²) in [5.74, 6) is 0.384. The van der Waals surface area contributed by atoms with Crippen molar-refractivity contribution in [2.75, 3.05) is 0 Å². The van der Waals surface area contributed by atoms with Gasteiger partial charge in [-0.15, -0.1) is 0 Å². The van der Waals surface area contributed by atoms with E-state index in [-0.39, 0.29) is 17.7 Å². The van der Waals surface area contributed by atoms with Gasteiger partial charge < -0.3 is 5.73 Å². The molecule has 0 aromatic heterocycles. The molecule has 0 saturated heterocycles. The summed E-state index contributed by atoms with van der Waals surface area (Å²) in [4.78, 5) is 24.1. The molecular weight excluding hydrogens is 238 g/mol. The molecule has 19 heavy (non-hydrogen) atoms. The Hall–Kier alpha value is -0.860. The minimum atomic E-state index is -0.469. The Morgan fingerprint density at radius 2 is 1.89 bits per heavy atom. The van der Waals surface area contributed by atoms with Gasteiger partial charge in [-0.05, 0) is 31.6 Å². The molecule has 0 radical (unpaired) electrons. The first-order valence-corrected chi connectivity index (χ1v) is 7.86. The Labute approximate surface area is 117 Å². The van der Waals surface area contributed by atoms with Crippen molar-refractivity contribution in [1.82, 2.24) is 0 Å². The molecule has 3 heteroatoms. The average molecular weight is 267 g/mol. The van der Waals surface area contributed by atoms with E-state index >= 15 is 0 Å². The second-order valence-electron chi connectivity index (χ2n) is 5.94. The number of unbranched alkanes of at least 4 members (excludes halogenated alkanes) is 2. The fourth-order valence-corrected chi connectivity index (χ4v) is 3.85. The van der Waals surface area contributed by atoms with Crippen LogP contribution in [0.2, 0.25) is 0 Å². The smallest absolute Gasteiger partial charge is 0.223 e. The van der Waals surface area contributed by atoms with Crippen molar-refractivity contribution < 1.29 is 9.59 Å². The zero-order valence-corrected chi connectivity index (χ0v) is 12.7. The van der Waals surface area contributed by atoms with E-state index in [2.05, 4.69) is 6.92 Å². The van der Waals surface area contributed by atoms with Gasteiger partial charge in [0, 0.05) is 12.3 Å². The fourth-order valence-electron chi connectivity index (χ4n) is 3.85. The first kappa shape index (κ1) is 16.2. The topological polar surface area (TPSA) is 60.2 Å². The van der Waals surface area contributed by atoms with Gasteiger partial charge in [0.15, 0.2) is 0 Å². The van der Waals surface area contributed by atoms with Crippen LogP contribution in [0.3, 0.4) is 0 Å². The van der Waals surface area contributed by atoms with Crippen LogP contribution in [-0.4, -0.2) is 11.7 Å². The summed E-state index contributed by atoms with van der Waals surface area (Å²) < 4.78 is 0. The van der Waals surface area contributed by atoms with Crippen molar-refractivity contribution in [3.8, 4) is 0 Å². The van der Waals surface area contributed by atoms with Crippen molar-refractivity contribution in [3.63, 3.8) is 0 Å². The van der Waals surface area contributed by atoms with Gasteiger partial charge in [0.25, 0.3) is 0 Å². The molecule has 1 rings (SSSR count). The van der Waals surface area contributed by atoms with Crippen molar-refractivity contribution in [3.05, 3.63) is 0 Å². The third-order valence-corrected chi connectivity index (χ3v) is 5.18. The molecule has 0 bridgehead atoms. The summed E-state index contributed by atoms with van der Waals surface area (Å²) in [5, 5.41) is 0. The summed E-state index contributed by atoms with van der Waals surface area (Å²) >= 11 is 0. The first-order valence-electron chi connectivity index (χ1n) is 7.86. The lowest BCUT2D eigenvalue weighted by atomic mass is 9.65. The Morgan fingerprint density at radius 1 is 1.26 bits per heavy atom. The van der Waals surface area contributed by atoms with Gasteiger partial charge in [-0.25, -0.2) is 0 Å². The monoisotopic (exact) mass is 267 g/mol. The molecule has 0 spiro atoms. The first-order chi connectivity index (χ1) is 9.03. The van der Waals surface area contributed by atoms with Gasteiger partial charge in [0.2, 0.25) is 5.91 Å². The fraction of sp³-hybridized carbons (Fsp3) is 0.875. The third kappa shape index (κ3) is 3.18.